The highest BCUT2D eigenvalue weighted by Crippen LogP contribution is 2.13. The van der Waals surface area contributed by atoms with Crippen LogP contribution in [-0.4, -0.2) is 41.0 Å². The van der Waals surface area contributed by atoms with E-state index in [2.05, 4.69) is 19.9 Å². The third kappa shape index (κ3) is 2.26. The molecule has 1 aromatic rings. The molecule has 0 unspecified atom stereocenters. The van der Waals surface area contributed by atoms with E-state index >= 15 is 0 Å². The summed E-state index contributed by atoms with van der Waals surface area (Å²) in [6.45, 7) is 2.85. The number of aromatic amines is 1. The van der Waals surface area contributed by atoms with Gasteiger partial charge >= 0.3 is 10.2 Å². The number of H-pyrrole nitrogens is 1. The van der Waals surface area contributed by atoms with Gasteiger partial charge in [0, 0.05) is 13.1 Å². The fraction of sp³-hybridized carbons (Fsp3) is 0.714. The zero-order valence-corrected chi connectivity index (χ0v) is 9.21. The first kappa shape index (κ1) is 10.4. The van der Waals surface area contributed by atoms with Crippen LogP contribution in [0.15, 0.2) is 0 Å². The van der Waals surface area contributed by atoms with Crippen molar-refractivity contribution in [3.8, 4) is 0 Å². The molecule has 0 atom stereocenters. The number of hydrogen-bond acceptors (Lipinski definition) is 4. The molecule has 1 aliphatic rings. The summed E-state index contributed by atoms with van der Waals surface area (Å²) in [5.74, 6) is 0.675. The van der Waals surface area contributed by atoms with Crippen LogP contribution >= 0.6 is 0 Å². The van der Waals surface area contributed by atoms with E-state index < -0.39 is 10.2 Å². The van der Waals surface area contributed by atoms with Crippen LogP contribution in [-0.2, 0) is 10.2 Å². The Balaban J connectivity index is 2.10. The van der Waals surface area contributed by atoms with Gasteiger partial charge in [-0.1, -0.05) is 0 Å². The molecule has 0 aromatic carbocycles. The minimum atomic E-state index is -3.46. The van der Waals surface area contributed by atoms with E-state index in [9.17, 15) is 8.42 Å². The summed E-state index contributed by atoms with van der Waals surface area (Å²) in [5, 5.41) is 6.29. The Morgan fingerprint density at radius 2 is 2.07 bits per heavy atom. The second kappa shape index (κ2) is 3.78. The molecule has 1 aromatic heterocycles. The summed E-state index contributed by atoms with van der Waals surface area (Å²) in [5.41, 5.74) is 0. The Morgan fingerprint density at radius 1 is 1.40 bits per heavy atom. The second-order valence-electron chi connectivity index (χ2n) is 3.46. The molecule has 7 nitrogen and oxygen atoms in total. The molecule has 0 radical (unpaired) electrons. The first-order valence-electron chi connectivity index (χ1n) is 4.75. The quantitative estimate of drug-likeness (QED) is 0.757. The maximum absolute atomic E-state index is 11.7. The second-order valence-corrected chi connectivity index (χ2v) is 5.13. The Kier molecular flexibility index (Phi) is 2.61. The standard InChI is InChI=1S/C7H13N5O2S/c1-6-8-7(10-9-6)11-15(13,14)12-4-2-3-5-12/h2-5H2,1H3,(H2,8,9,10,11). The smallest absolute Gasteiger partial charge is 0.261 e. The third-order valence-electron chi connectivity index (χ3n) is 2.22. The van der Waals surface area contributed by atoms with Crippen LogP contribution in [0.5, 0.6) is 0 Å². The van der Waals surface area contributed by atoms with E-state index in [0.29, 0.717) is 18.9 Å². The van der Waals surface area contributed by atoms with Crippen molar-refractivity contribution in [3.63, 3.8) is 0 Å². The van der Waals surface area contributed by atoms with E-state index in [1.165, 1.54) is 4.31 Å². The molecule has 0 saturated carbocycles. The number of aromatic nitrogens is 3. The summed E-state index contributed by atoms with van der Waals surface area (Å²) in [4.78, 5) is 3.88. The zero-order chi connectivity index (χ0) is 10.9. The summed E-state index contributed by atoms with van der Waals surface area (Å²) in [6, 6.07) is 0. The van der Waals surface area contributed by atoms with Crippen molar-refractivity contribution in [1.82, 2.24) is 19.5 Å². The summed E-state index contributed by atoms with van der Waals surface area (Å²) < 4.78 is 27.2. The number of hydrogen-bond donors (Lipinski definition) is 2. The van der Waals surface area contributed by atoms with E-state index in [1.54, 1.807) is 6.92 Å². The lowest BCUT2D eigenvalue weighted by atomic mass is 10.4. The lowest BCUT2D eigenvalue weighted by molar-refractivity contribution is 0.482. The molecule has 2 heterocycles. The van der Waals surface area contributed by atoms with Gasteiger partial charge < -0.3 is 0 Å². The maximum atomic E-state index is 11.7. The first-order chi connectivity index (χ1) is 7.08. The molecular weight excluding hydrogens is 218 g/mol. The van der Waals surface area contributed by atoms with Crippen molar-refractivity contribution in [2.45, 2.75) is 19.8 Å². The zero-order valence-electron chi connectivity index (χ0n) is 8.39. The molecule has 0 spiro atoms. The maximum Gasteiger partial charge on any atom is 0.304 e. The van der Waals surface area contributed by atoms with Gasteiger partial charge in [0.1, 0.15) is 5.82 Å². The van der Waals surface area contributed by atoms with E-state index in [1.807, 2.05) is 0 Å². The normalized spacial score (nSPS) is 18.2. The van der Waals surface area contributed by atoms with Crippen LogP contribution in [0.4, 0.5) is 5.95 Å². The molecule has 15 heavy (non-hydrogen) atoms. The largest absolute Gasteiger partial charge is 0.304 e. The molecule has 1 aliphatic heterocycles. The highest BCUT2D eigenvalue weighted by atomic mass is 32.2. The van der Waals surface area contributed by atoms with Gasteiger partial charge in [0.15, 0.2) is 0 Å². The molecule has 0 bridgehead atoms. The molecular formula is C7H13N5O2S. The highest BCUT2D eigenvalue weighted by molar-refractivity contribution is 7.90. The van der Waals surface area contributed by atoms with Gasteiger partial charge in [-0.15, -0.1) is 5.10 Å². The minimum Gasteiger partial charge on any atom is -0.261 e. The van der Waals surface area contributed by atoms with Gasteiger partial charge in [0.25, 0.3) is 5.95 Å². The van der Waals surface area contributed by atoms with Crippen LogP contribution in [0, 0.1) is 6.92 Å². The monoisotopic (exact) mass is 231 g/mol. The fourth-order valence-electron chi connectivity index (χ4n) is 1.50. The fourth-order valence-corrected chi connectivity index (χ4v) is 2.69. The summed E-state index contributed by atoms with van der Waals surface area (Å²) in [6.07, 6.45) is 1.82. The van der Waals surface area contributed by atoms with E-state index in [-0.39, 0.29) is 5.95 Å². The van der Waals surface area contributed by atoms with Crippen molar-refractivity contribution in [2.24, 2.45) is 0 Å². The van der Waals surface area contributed by atoms with Gasteiger partial charge in [-0.2, -0.15) is 17.7 Å². The van der Waals surface area contributed by atoms with Gasteiger partial charge in [-0.05, 0) is 19.8 Å². The Labute approximate surface area is 88.1 Å². The predicted molar refractivity (Wildman–Crippen MR) is 54.5 cm³/mol. The van der Waals surface area contributed by atoms with Gasteiger partial charge in [0.2, 0.25) is 0 Å². The molecule has 1 saturated heterocycles. The van der Waals surface area contributed by atoms with Gasteiger partial charge in [0.05, 0.1) is 0 Å². The van der Waals surface area contributed by atoms with Gasteiger partial charge in [-0.3, -0.25) is 5.10 Å². The Bertz CT molecular complexity index is 434. The molecule has 0 amide bonds. The van der Waals surface area contributed by atoms with E-state index in [0.717, 1.165) is 12.8 Å². The predicted octanol–water partition coefficient (Wildman–Crippen LogP) is -0.134. The number of nitrogens with zero attached hydrogens (tertiary/aromatic N) is 3. The summed E-state index contributed by atoms with van der Waals surface area (Å²) >= 11 is 0. The van der Waals surface area contributed by atoms with Crippen LogP contribution in [0.1, 0.15) is 18.7 Å². The number of rotatable bonds is 3. The number of nitrogens with one attached hydrogen (secondary N) is 2. The van der Waals surface area contributed by atoms with Crippen LogP contribution < -0.4 is 4.72 Å². The molecule has 2 N–H and O–H groups in total. The van der Waals surface area contributed by atoms with Crippen molar-refractivity contribution in [3.05, 3.63) is 5.82 Å². The topological polar surface area (TPSA) is 91.0 Å². The van der Waals surface area contributed by atoms with Crippen molar-refractivity contribution in [1.29, 1.82) is 0 Å². The average Bonchev–Trinajstić information content (AvgIpc) is 2.75. The molecule has 0 aliphatic carbocycles. The average molecular weight is 231 g/mol. The van der Waals surface area contributed by atoms with Crippen molar-refractivity contribution < 1.29 is 8.42 Å². The SMILES string of the molecule is Cc1nc(NS(=O)(=O)N2CCCC2)n[nH]1. The third-order valence-corrected chi connectivity index (χ3v) is 3.71. The molecule has 1 fully saturated rings. The van der Waals surface area contributed by atoms with Crippen LogP contribution in [0.25, 0.3) is 0 Å². The highest BCUT2D eigenvalue weighted by Gasteiger charge is 2.26. The Hall–Kier alpha value is -1.15. The molecule has 2 rings (SSSR count). The lowest BCUT2D eigenvalue weighted by Crippen LogP contribution is -2.33. The van der Waals surface area contributed by atoms with Crippen LogP contribution in [0.3, 0.4) is 0 Å². The molecule has 84 valence electrons. The summed E-state index contributed by atoms with van der Waals surface area (Å²) in [7, 11) is -3.46. The number of anilines is 1. The first-order valence-corrected chi connectivity index (χ1v) is 6.19. The van der Waals surface area contributed by atoms with Crippen LogP contribution in [0.2, 0.25) is 0 Å². The van der Waals surface area contributed by atoms with Crippen molar-refractivity contribution in [2.75, 3.05) is 17.8 Å². The molecule has 8 heteroatoms. The minimum absolute atomic E-state index is 0.0967. The van der Waals surface area contributed by atoms with E-state index in [4.69, 9.17) is 0 Å². The van der Waals surface area contributed by atoms with Crippen molar-refractivity contribution >= 4 is 16.2 Å². The van der Waals surface area contributed by atoms with Gasteiger partial charge in [-0.25, -0.2) is 4.72 Å². The lowest BCUT2D eigenvalue weighted by Gasteiger charge is -2.14. The number of aryl methyl sites for hydroxylation is 1. The Morgan fingerprint density at radius 3 is 2.60 bits per heavy atom.